The second kappa shape index (κ2) is 5.04. The molecule has 0 bridgehead atoms. The molecule has 3 nitrogen and oxygen atoms in total. The van der Waals surface area contributed by atoms with Gasteiger partial charge >= 0.3 is 0 Å². The van der Waals surface area contributed by atoms with Gasteiger partial charge in [-0.25, -0.2) is 0 Å². The molecule has 3 rings (SSSR count). The lowest BCUT2D eigenvalue weighted by atomic mass is 10.1. The van der Waals surface area contributed by atoms with E-state index in [9.17, 15) is 5.26 Å². The molecule has 3 heteroatoms. The van der Waals surface area contributed by atoms with E-state index in [1.165, 1.54) is 0 Å². The van der Waals surface area contributed by atoms with E-state index in [0.29, 0.717) is 5.56 Å². The van der Waals surface area contributed by atoms with Crippen LogP contribution >= 0.6 is 0 Å². The third-order valence-electron chi connectivity index (χ3n) is 3.27. The quantitative estimate of drug-likeness (QED) is 0.730. The second-order valence-corrected chi connectivity index (χ2v) is 4.65. The standard InChI is InChI=1S/C17H13N3/c18-11-14-10-16(12-4-2-1-3-5-12)20-17(14)13-6-8-15(19)9-7-13/h1-10,20H,19H2/p+1. The Morgan fingerprint density at radius 1 is 0.900 bits per heavy atom. The van der Waals surface area contributed by atoms with E-state index in [0.717, 1.165) is 28.2 Å². The molecule has 0 saturated heterocycles. The number of benzene rings is 2. The Bertz CT molecular complexity index is 762. The molecule has 0 spiro atoms. The van der Waals surface area contributed by atoms with Gasteiger partial charge in [-0.1, -0.05) is 30.3 Å². The minimum Gasteiger partial charge on any atom is -0.353 e. The van der Waals surface area contributed by atoms with Gasteiger partial charge in [-0.2, -0.15) is 5.26 Å². The molecule has 0 fully saturated rings. The van der Waals surface area contributed by atoms with Gasteiger partial charge in [0.15, 0.2) is 0 Å². The first-order chi connectivity index (χ1) is 9.78. The first-order valence-electron chi connectivity index (χ1n) is 6.39. The summed E-state index contributed by atoms with van der Waals surface area (Å²) in [5.74, 6) is 0. The summed E-state index contributed by atoms with van der Waals surface area (Å²) < 4.78 is 0. The maximum atomic E-state index is 9.31. The van der Waals surface area contributed by atoms with Gasteiger partial charge in [-0.05, 0) is 41.5 Å². The summed E-state index contributed by atoms with van der Waals surface area (Å²) in [5.41, 5.74) is 9.37. The second-order valence-electron chi connectivity index (χ2n) is 4.65. The molecule has 0 atom stereocenters. The number of nitrogens with zero attached hydrogens (tertiary/aromatic N) is 1. The molecule has 0 amide bonds. The molecule has 0 unspecified atom stereocenters. The Kier molecular flexibility index (Phi) is 3.08. The topological polar surface area (TPSA) is 67.2 Å². The number of hydrogen-bond donors (Lipinski definition) is 2. The summed E-state index contributed by atoms with van der Waals surface area (Å²) in [5, 5.41) is 9.31. The highest BCUT2D eigenvalue weighted by Crippen LogP contribution is 2.28. The molecular formula is C17H14N3+. The molecule has 1 heterocycles. The molecule has 0 aliphatic rings. The summed E-state index contributed by atoms with van der Waals surface area (Å²) in [6.45, 7) is 0. The van der Waals surface area contributed by atoms with E-state index in [4.69, 9.17) is 0 Å². The van der Waals surface area contributed by atoms with Gasteiger partial charge in [0, 0.05) is 5.69 Å². The summed E-state index contributed by atoms with van der Waals surface area (Å²) in [6.07, 6.45) is 0. The van der Waals surface area contributed by atoms with Gasteiger partial charge in [0.1, 0.15) is 11.8 Å². The Balaban J connectivity index is 2.11. The highest BCUT2D eigenvalue weighted by molar-refractivity contribution is 5.74. The van der Waals surface area contributed by atoms with Crippen molar-refractivity contribution in [3.8, 4) is 28.6 Å². The maximum absolute atomic E-state index is 9.31. The van der Waals surface area contributed by atoms with Crippen LogP contribution in [-0.2, 0) is 0 Å². The van der Waals surface area contributed by atoms with Crippen LogP contribution < -0.4 is 5.73 Å². The third kappa shape index (κ3) is 2.20. The number of aromatic nitrogens is 1. The number of H-pyrrole nitrogens is 1. The van der Waals surface area contributed by atoms with Crippen molar-refractivity contribution < 1.29 is 5.73 Å². The van der Waals surface area contributed by atoms with Crippen molar-refractivity contribution in [2.75, 3.05) is 0 Å². The predicted octanol–water partition coefficient (Wildman–Crippen LogP) is 3.09. The first-order valence-corrected chi connectivity index (χ1v) is 6.39. The van der Waals surface area contributed by atoms with E-state index in [-0.39, 0.29) is 0 Å². The number of nitriles is 1. The molecule has 96 valence electrons. The monoisotopic (exact) mass is 260 g/mol. The Labute approximate surface area is 117 Å². The van der Waals surface area contributed by atoms with Gasteiger partial charge < -0.3 is 10.7 Å². The average Bonchev–Trinajstić information content (AvgIpc) is 2.93. The van der Waals surface area contributed by atoms with Gasteiger partial charge in [-0.15, -0.1) is 0 Å². The van der Waals surface area contributed by atoms with Crippen LogP contribution in [0.1, 0.15) is 5.56 Å². The van der Waals surface area contributed by atoms with Crippen molar-refractivity contribution in [3.63, 3.8) is 0 Å². The molecule has 0 aliphatic heterocycles. The van der Waals surface area contributed by atoms with Crippen molar-refractivity contribution in [2.24, 2.45) is 0 Å². The Morgan fingerprint density at radius 3 is 2.25 bits per heavy atom. The van der Waals surface area contributed by atoms with Crippen LogP contribution in [0.5, 0.6) is 0 Å². The number of nitrogens with one attached hydrogen (secondary N) is 1. The van der Waals surface area contributed by atoms with Gasteiger partial charge in [0.2, 0.25) is 0 Å². The van der Waals surface area contributed by atoms with Crippen molar-refractivity contribution in [2.45, 2.75) is 0 Å². The smallest absolute Gasteiger partial charge is 0.127 e. The van der Waals surface area contributed by atoms with E-state index in [1.807, 2.05) is 60.7 Å². The minimum absolute atomic E-state index is 0.653. The Hall–Kier alpha value is -2.83. The molecule has 20 heavy (non-hydrogen) atoms. The predicted molar refractivity (Wildman–Crippen MR) is 78.9 cm³/mol. The molecule has 3 aromatic rings. The van der Waals surface area contributed by atoms with Crippen molar-refractivity contribution in [1.29, 1.82) is 5.26 Å². The van der Waals surface area contributed by atoms with Crippen LogP contribution in [0, 0.1) is 11.3 Å². The fraction of sp³-hybridized carbons (Fsp3) is 0. The Morgan fingerprint density at radius 2 is 1.60 bits per heavy atom. The maximum Gasteiger partial charge on any atom is 0.127 e. The lowest BCUT2D eigenvalue weighted by molar-refractivity contribution is -0.254. The lowest BCUT2D eigenvalue weighted by Crippen LogP contribution is -2.39. The summed E-state index contributed by atoms with van der Waals surface area (Å²) in [7, 11) is 0. The molecule has 2 aromatic carbocycles. The number of aromatic amines is 1. The van der Waals surface area contributed by atoms with Gasteiger partial charge in [0.05, 0.1) is 11.3 Å². The van der Waals surface area contributed by atoms with Gasteiger partial charge in [0.25, 0.3) is 0 Å². The van der Waals surface area contributed by atoms with Gasteiger partial charge in [-0.3, -0.25) is 0 Å². The molecule has 0 radical (unpaired) electrons. The molecular weight excluding hydrogens is 246 g/mol. The largest absolute Gasteiger partial charge is 0.353 e. The number of quaternary nitrogens is 1. The van der Waals surface area contributed by atoms with E-state index >= 15 is 0 Å². The molecule has 1 aromatic heterocycles. The number of rotatable bonds is 2. The van der Waals surface area contributed by atoms with E-state index in [2.05, 4.69) is 16.8 Å². The zero-order chi connectivity index (χ0) is 13.9. The minimum atomic E-state index is 0.653. The van der Waals surface area contributed by atoms with Crippen molar-refractivity contribution in [1.82, 2.24) is 4.98 Å². The summed E-state index contributed by atoms with van der Waals surface area (Å²) >= 11 is 0. The summed E-state index contributed by atoms with van der Waals surface area (Å²) in [4.78, 5) is 3.34. The fourth-order valence-corrected chi connectivity index (χ4v) is 2.22. The van der Waals surface area contributed by atoms with Crippen LogP contribution in [0.4, 0.5) is 5.69 Å². The average molecular weight is 260 g/mol. The highest BCUT2D eigenvalue weighted by atomic mass is 14.7. The van der Waals surface area contributed by atoms with Crippen LogP contribution in [0.3, 0.4) is 0 Å². The summed E-state index contributed by atoms with van der Waals surface area (Å²) in [6, 6.07) is 22.0. The SMILES string of the molecule is N#Cc1cc(-c2ccccc2)[nH]c1-c1ccc([NH3+])cc1. The molecule has 0 saturated carbocycles. The van der Waals surface area contributed by atoms with Crippen LogP contribution in [-0.4, -0.2) is 4.98 Å². The fourth-order valence-electron chi connectivity index (χ4n) is 2.22. The van der Waals surface area contributed by atoms with Crippen molar-refractivity contribution in [3.05, 3.63) is 66.2 Å². The van der Waals surface area contributed by atoms with E-state index in [1.54, 1.807) is 0 Å². The normalized spacial score (nSPS) is 10.2. The number of hydrogen-bond acceptors (Lipinski definition) is 1. The van der Waals surface area contributed by atoms with Crippen molar-refractivity contribution >= 4 is 5.69 Å². The zero-order valence-electron chi connectivity index (χ0n) is 10.9. The first kappa shape index (κ1) is 12.2. The third-order valence-corrected chi connectivity index (χ3v) is 3.27. The zero-order valence-corrected chi connectivity index (χ0v) is 10.9. The van der Waals surface area contributed by atoms with Crippen LogP contribution in [0.2, 0.25) is 0 Å². The highest BCUT2D eigenvalue weighted by Gasteiger charge is 2.11. The van der Waals surface area contributed by atoms with Crippen LogP contribution in [0.15, 0.2) is 60.7 Å². The lowest BCUT2D eigenvalue weighted by Gasteiger charge is -2.00. The van der Waals surface area contributed by atoms with Crippen LogP contribution in [0.25, 0.3) is 22.5 Å². The molecule has 0 aliphatic carbocycles. The molecule has 4 N–H and O–H groups in total. The van der Waals surface area contributed by atoms with E-state index < -0.39 is 0 Å².